The zero-order valence-electron chi connectivity index (χ0n) is 18.7. The van der Waals surface area contributed by atoms with E-state index < -0.39 is 0 Å². The molecule has 1 aliphatic heterocycles. The second-order valence-corrected chi connectivity index (χ2v) is 8.44. The van der Waals surface area contributed by atoms with Crippen molar-refractivity contribution in [3.63, 3.8) is 0 Å². The van der Waals surface area contributed by atoms with Gasteiger partial charge in [0, 0.05) is 58.0 Å². The first-order valence-electron chi connectivity index (χ1n) is 11.1. The maximum atomic E-state index is 13.1. The van der Waals surface area contributed by atoms with Crippen LogP contribution >= 0.6 is 0 Å². The molecule has 8 nitrogen and oxygen atoms in total. The van der Waals surface area contributed by atoms with Crippen LogP contribution in [0, 0.1) is 6.92 Å². The van der Waals surface area contributed by atoms with Gasteiger partial charge < -0.3 is 14.4 Å². The number of nitrogens with zero attached hydrogens (tertiary/aromatic N) is 5. The molecule has 0 aliphatic carbocycles. The third kappa shape index (κ3) is 4.90. The standard InChI is InChI=1S/C24H30N6O2/c1-18-25-11-14-29(18)13-10-22(31)30-12-6-9-20(17-30)23-21(15-26-27-23)24(32)28(2)16-19-7-4-3-5-8-19/h3-5,7-8,11,14-15,20H,6,9-10,12-13,16-17H2,1-2H3,(H,26,27). The number of likely N-dealkylation sites (tertiary alicyclic amines) is 1. The van der Waals surface area contributed by atoms with Crippen molar-refractivity contribution in [3.05, 3.63) is 71.6 Å². The Labute approximate surface area is 188 Å². The summed E-state index contributed by atoms with van der Waals surface area (Å²) in [6.45, 7) is 4.46. The van der Waals surface area contributed by atoms with E-state index in [-0.39, 0.29) is 17.7 Å². The van der Waals surface area contributed by atoms with Gasteiger partial charge in [0.1, 0.15) is 5.82 Å². The van der Waals surface area contributed by atoms with Gasteiger partial charge in [-0.05, 0) is 25.3 Å². The summed E-state index contributed by atoms with van der Waals surface area (Å²) in [6.07, 6.45) is 7.54. The van der Waals surface area contributed by atoms with E-state index in [1.54, 1.807) is 24.3 Å². The van der Waals surface area contributed by atoms with Crippen LogP contribution in [0.25, 0.3) is 0 Å². The molecule has 1 atom stereocenters. The van der Waals surface area contributed by atoms with Crippen LogP contribution in [0.1, 0.15) is 52.6 Å². The highest BCUT2D eigenvalue weighted by Gasteiger charge is 2.29. The summed E-state index contributed by atoms with van der Waals surface area (Å²) in [4.78, 5) is 33.8. The van der Waals surface area contributed by atoms with E-state index in [9.17, 15) is 9.59 Å². The van der Waals surface area contributed by atoms with E-state index in [1.807, 2.05) is 52.9 Å². The summed E-state index contributed by atoms with van der Waals surface area (Å²) >= 11 is 0. The fourth-order valence-corrected chi connectivity index (χ4v) is 4.37. The highest BCUT2D eigenvalue weighted by Crippen LogP contribution is 2.29. The van der Waals surface area contributed by atoms with Crippen LogP contribution in [0.5, 0.6) is 0 Å². The number of hydrogen-bond donors (Lipinski definition) is 1. The highest BCUT2D eigenvalue weighted by molar-refractivity contribution is 5.95. The molecule has 1 fully saturated rings. The number of imidazole rings is 1. The third-order valence-corrected chi connectivity index (χ3v) is 6.18. The Morgan fingerprint density at radius 3 is 2.81 bits per heavy atom. The molecule has 2 aromatic heterocycles. The van der Waals surface area contributed by atoms with E-state index in [0.29, 0.717) is 31.6 Å². The first-order valence-corrected chi connectivity index (χ1v) is 11.1. The van der Waals surface area contributed by atoms with Gasteiger partial charge in [-0.1, -0.05) is 30.3 Å². The number of aromatic amines is 1. The number of carbonyl (C=O) groups is 2. The van der Waals surface area contributed by atoms with Crippen molar-refractivity contribution in [1.29, 1.82) is 0 Å². The minimum absolute atomic E-state index is 0.0587. The lowest BCUT2D eigenvalue weighted by Crippen LogP contribution is -2.40. The summed E-state index contributed by atoms with van der Waals surface area (Å²) in [5.74, 6) is 1.07. The number of carbonyl (C=O) groups excluding carboxylic acids is 2. The molecule has 0 radical (unpaired) electrons. The van der Waals surface area contributed by atoms with Gasteiger partial charge in [-0.15, -0.1) is 0 Å². The Morgan fingerprint density at radius 1 is 1.25 bits per heavy atom. The largest absolute Gasteiger partial charge is 0.342 e. The molecule has 168 valence electrons. The predicted molar refractivity (Wildman–Crippen MR) is 121 cm³/mol. The van der Waals surface area contributed by atoms with Gasteiger partial charge in [-0.3, -0.25) is 14.7 Å². The average Bonchev–Trinajstić information content (AvgIpc) is 3.46. The summed E-state index contributed by atoms with van der Waals surface area (Å²) < 4.78 is 1.99. The lowest BCUT2D eigenvalue weighted by atomic mass is 9.92. The topological polar surface area (TPSA) is 87.1 Å². The Balaban J connectivity index is 1.39. The molecule has 3 aromatic rings. The number of hydrogen-bond acceptors (Lipinski definition) is 4. The van der Waals surface area contributed by atoms with Gasteiger partial charge in [0.25, 0.3) is 5.91 Å². The van der Waals surface area contributed by atoms with Crippen LogP contribution < -0.4 is 0 Å². The van der Waals surface area contributed by atoms with Gasteiger partial charge in [0.2, 0.25) is 5.91 Å². The van der Waals surface area contributed by atoms with E-state index in [2.05, 4.69) is 15.2 Å². The molecule has 0 bridgehead atoms. The Hall–Kier alpha value is -3.42. The van der Waals surface area contributed by atoms with Crippen molar-refractivity contribution >= 4 is 11.8 Å². The van der Waals surface area contributed by atoms with Gasteiger partial charge in [0.05, 0.1) is 17.5 Å². The van der Waals surface area contributed by atoms with Crippen molar-refractivity contribution in [2.75, 3.05) is 20.1 Å². The van der Waals surface area contributed by atoms with Crippen molar-refractivity contribution in [2.24, 2.45) is 0 Å². The molecule has 1 N–H and O–H groups in total. The second kappa shape index (κ2) is 9.80. The minimum atomic E-state index is -0.0587. The quantitative estimate of drug-likeness (QED) is 0.619. The Kier molecular flexibility index (Phi) is 6.68. The minimum Gasteiger partial charge on any atom is -0.342 e. The number of rotatable bonds is 7. The van der Waals surface area contributed by atoms with Crippen LogP contribution in [-0.4, -0.2) is 61.5 Å². The van der Waals surface area contributed by atoms with Crippen molar-refractivity contribution in [3.8, 4) is 0 Å². The van der Waals surface area contributed by atoms with Crippen LogP contribution in [-0.2, 0) is 17.9 Å². The summed E-state index contributed by atoms with van der Waals surface area (Å²) in [7, 11) is 1.81. The van der Waals surface area contributed by atoms with Crippen LogP contribution in [0.2, 0.25) is 0 Å². The van der Waals surface area contributed by atoms with Crippen LogP contribution in [0.15, 0.2) is 48.9 Å². The van der Waals surface area contributed by atoms with Crippen LogP contribution in [0.3, 0.4) is 0 Å². The number of nitrogens with one attached hydrogen (secondary N) is 1. The normalized spacial score (nSPS) is 16.2. The Morgan fingerprint density at radius 2 is 2.06 bits per heavy atom. The molecule has 32 heavy (non-hydrogen) atoms. The smallest absolute Gasteiger partial charge is 0.257 e. The monoisotopic (exact) mass is 434 g/mol. The number of aryl methyl sites for hydroxylation is 2. The highest BCUT2D eigenvalue weighted by atomic mass is 16.2. The molecule has 0 spiro atoms. The average molecular weight is 435 g/mol. The first-order chi connectivity index (χ1) is 15.5. The summed E-state index contributed by atoms with van der Waals surface area (Å²) in [6, 6.07) is 9.93. The molecular formula is C24H30N6O2. The number of benzene rings is 1. The fraction of sp³-hybridized carbons (Fsp3) is 0.417. The van der Waals surface area contributed by atoms with Crippen LogP contribution in [0.4, 0.5) is 0 Å². The maximum absolute atomic E-state index is 13.1. The molecule has 1 aliphatic rings. The Bertz CT molecular complexity index is 1060. The fourth-order valence-electron chi connectivity index (χ4n) is 4.37. The van der Waals surface area contributed by atoms with E-state index in [1.165, 1.54) is 0 Å². The van der Waals surface area contributed by atoms with Crippen molar-refractivity contribution in [2.45, 2.75) is 45.2 Å². The molecule has 3 heterocycles. The zero-order valence-corrected chi connectivity index (χ0v) is 18.7. The molecule has 1 aromatic carbocycles. The zero-order chi connectivity index (χ0) is 22.5. The lowest BCUT2D eigenvalue weighted by Gasteiger charge is -2.33. The van der Waals surface area contributed by atoms with Gasteiger partial charge in [0.15, 0.2) is 0 Å². The second-order valence-electron chi connectivity index (χ2n) is 8.44. The third-order valence-electron chi connectivity index (χ3n) is 6.18. The van der Waals surface area contributed by atoms with Gasteiger partial charge in [-0.25, -0.2) is 4.98 Å². The van der Waals surface area contributed by atoms with Gasteiger partial charge in [-0.2, -0.15) is 5.10 Å². The molecule has 8 heteroatoms. The van der Waals surface area contributed by atoms with Gasteiger partial charge >= 0.3 is 0 Å². The SMILES string of the molecule is Cc1nccn1CCC(=O)N1CCCC(c2[nH]ncc2C(=O)N(C)Cc2ccccc2)C1. The molecule has 4 rings (SSSR count). The molecule has 1 unspecified atom stereocenters. The number of amides is 2. The van der Waals surface area contributed by atoms with E-state index in [4.69, 9.17) is 0 Å². The molecular weight excluding hydrogens is 404 g/mol. The summed E-state index contributed by atoms with van der Waals surface area (Å²) in [5, 5.41) is 7.22. The molecule has 2 amide bonds. The molecule has 0 saturated carbocycles. The van der Waals surface area contributed by atoms with E-state index in [0.717, 1.165) is 36.5 Å². The number of H-pyrrole nitrogens is 1. The summed E-state index contributed by atoms with van der Waals surface area (Å²) in [5.41, 5.74) is 2.51. The van der Waals surface area contributed by atoms with Crippen molar-refractivity contribution < 1.29 is 9.59 Å². The first kappa shape index (κ1) is 21.8. The van der Waals surface area contributed by atoms with Crippen molar-refractivity contribution in [1.82, 2.24) is 29.5 Å². The number of aromatic nitrogens is 4. The predicted octanol–water partition coefficient (Wildman–Crippen LogP) is 2.98. The molecule has 1 saturated heterocycles. The maximum Gasteiger partial charge on any atom is 0.257 e. The lowest BCUT2D eigenvalue weighted by molar-refractivity contribution is -0.132. The number of piperidine rings is 1. The van der Waals surface area contributed by atoms with E-state index >= 15 is 0 Å².